The smallest absolute Gasteiger partial charge is 0.326 e. The number of nitrogens with zero attached hydrogens (tertiary/aromatic N) is 2. The first kappa shape index (κ1) is 18.0. The van der Waals surface area contributed by atoms with Gasteiger partial charge < -0.3 is 18.8 Å². The SMILES string of the molecule is CCOC(=O)Cn1c(=NC(=O)CC)sc2cc(OC)c(OC)cc21. The highest BCUT2D eigenvalue weighted by atomic mass is 32.1. The zero-order chi connectivity index (χ0) is 17.7. The average Bonchev–Trinajstić information content (AvgIpc) is 2.89. The van der Waals surface area contributed by atoms with Crippen LogP contribution in [0.25, 0.3) is 10.2 Å². The van der Waals surface area contributed by atoms with E-state index < -0.39 is 5.97 Å². The molecule has 0 aliphatic heterocycles. The Balaban J connectivity index is 2.67. The van der Waals surface area contributed by atoms with E-state index in [0.29, 0.717) is 29.3 Å². The summed E-state index contributed by atoms with van der Waals surface area (Å²) in [6.45, 7) is 3.74. The molecule has 0 fully saturated rings. The van der Waals surface area contributed by atoms with Crippen molar-refractivity contribution in [1.82, 2.24) is 4.57 Å². The van der Waals surface area contributed by atoms with Gasteiger partial charge in [-0.3, -0.25) is 9.59 Å². The van der Waals surface area contributed by atoms with Gasteiger partial charge in [-0.15, -0.1) is 0 Å². The Morgan fingerprint density at radius 2 is 1.83 bits per heavy atom. The number of carbonyl (C=O) groups excluding carboxylic acids is 2. The molecule has 0 N–H and O–H groups in total. The minimum Gasteiger partial charge on any atom is -0.493 e. The number of esters is 1. The zero-order valence-electron chi connectivity index (χ0n) is 14.1. The number of rotatable bonds is 6. The average molecular weight is 352 g/mol. The van der Waals surface area contributed by atoms with Crippen LogP contribution in [0.4, 0.5) is 0 Å². The van der Waals surface area contributed by atoms with Crippen molar-refractivity contribution in [1.29, 1.82) is 0 Å². The number of hydrogen-bond acceptors (Lipinski definition) is 6. The highest BCUT2D eigenvalue weighted by Gasteiger charge is 2.15. The lowest BCUT2D eigenvalue weighted by Gasteiger charge is -2.09. The van der Waals surface area contributed by atoms with Crippen molar-refractivity contribution in [2.24, 2.45) is 4.99 Å². The molecule has 0 radical (unpaired) electrons. The molecule has 0 bridgehead atoms. The van der Waals surface area contributed by atoms with Gasteiger partial charge in [0.25, 0.3) is 0 Å². The lowest BCUT2D eigenvalue weighted by Crippen LogP contribution is -2.23. The molecule has 0 atom stereocenters. The lowest BCUT2D eigenvalue weighted by atomic mass is 10.3. The summed E-state index contributed by atoms with van der Waals surface area (Å²) in [6.07, 6.45) is 0.292. The fraction of sp³-hybridized carbons (Fsp3) is 0.438. The van der Waals surface area contributed by atoms with Crippen LogP contribution in [0.3, 0.4) is 0 Å². The summed E-state index contributed by atoms with van der Waals surface area (Å²) < 4.78 is 18.1. The molecule has 1 amide bonds. The second-order valence-electron chi connectivity index (χ2n) is 4.81. The van der Waals surface area contributed by atoms with Crippen LogP contribution in [0.5, 0.6) is 11.5 Å². The number of thiazole rings is 1. The molecule has 0 unspecified atom stereocenters. The van der Waals surface area contributed by atoms with Crippen LogP contribution in [0.2, 0.25) is 0 Å². The molecule has 0 saturated carbocycles. The predicted molar refractivity (Wildman–Crippen MR) is 90.4 cm³/mol. The molecule has 0 spiro atoms. The summed E-state index contributed by atoms with van der Waals surface area (Å²) in [6, 6.07) is 3.56. The zero-order valence-corrected chi connectivity index (χ0v) is 14.9. The summed E-state index contributed by atoms with van der Waals surface area (Å²) in [4.78, 5) is 28.2. The molecule has 1 heterocycles. The topological polar surface area (TPSA) is 79.1 Å². The summed E-state index contributed by atoms with van der Waals surface area (Å²) in [7, 11) is 3.09. The number of fused-ring (bicyclic) bond motifs is 1. The third-order valence-electron chi connectivity index (χ3n) is 3.30. The Labute approximate surface area is 143 Å². The van der Waals surface area contributed by atoms with Gasteiger partial charge in [0.05, 0.1) is 31.0 Å². The summed E-state index contributed by atoms with van der Waals surface area (Å²) in [5, 5.41) is 0. The Kier molecular flexibility index (Phi) is 5.97. The van der Waals surface area contributed by atoms with Gasteiger partial charge in [-0.25, -0.2) is 0 Å². The lowest BCUT2D eigenvalue weighted by molar-refractivity contribution is -0.143. The van der Waals surface area contributed by atoms with Crippen molar-refractivity contribution in [2.75, 3.05) is 20.8 Å². The molecule has 8 heteroatoms. The largest absolute Gasteiger partial charge is 0.493 e. The van der Waals surface area contributed by atoms with Crippen molar-refractivity contribution in [3.05, 3.63) is 16.9 Å². The monoisotopic (exact) mass is 352 g/mol. The van der Waals surface area contributed by atoms with E-state index in [1.54, 1.807) is 37.7 Å². The maximum atomic E-state index is 11.9. The van der Waals surface area contributed by atoms with Gasteiger partial charge in [-0.05, 0) is 6.92 Å². The molecule has 0 aliphatic carbocycles. The van der Waals surface area contributed by atoms with Crippen LogP contribution in [0.15, 0.2) is 17.1 Å². The molecular weight excluding hydrogens is 332 g/mol. The van der Waals surface area contributed by atoms with Crippen molar-refractivity contribution >= 4 is 33.4 Å². The Bertz CT molecular complexity index is 822. The standard InChI is InChI=1S/C16H20N2O5S/c1-5-14(19)17-16-18(9-15(20)23-6-2)10-7-11(21-3)12(22-4)8-13(10)24-16/h7-8H,5-6,9H2,1-4H3. The van der Waals surface area contributed by atoms with Crippen LogP contribution >= 0.6 is 11.3 Å². The molecule has 1 aromatic heterocycles. The Morgan fingerprint density at radius 3 is 2.42 bits per heavy atom. The van der Waals surface area contributed by atoms with Gasteiger partial charge in [0.15, 0.2) is 16.3 Å². The Hall–Kier alpha value is -2.35. The van der Waals surface area contributed by atoms with E-state index in [9.17, 15) is 9.59 Å². The van der Waals surface area contributed by atoms with Crippen LogP contribution in [-0.4, -0.2) is 37.3 Å². The number of carbonyl (C=O) groups is 2. The van der Waals surface area contributed by atoms with Crippen LogP contribution in [-0.2, 0) is 20.9 Å². The van der Waals surface area contributed by atoms with E-state index in [2.05, 4.69) is 4.99 Å². The number of aromatic nitrogens is 1. The maximum absolute atomic E-state index is 11.9. The van der Waals surface area contributed by atoms with Gasteiger partial charge in [0.1, 0.15) is 6.54 Å². The number of ether oxygens (including phenoxy) is 3. The molecule has 7 nitrogen and oxygen atoms in total. The summed E-state index contributed by atoms with van der Waals surface area (Å²) in [5.74, 6) is 0.465. The van der Waals surface area contributed by atoms with E-state index >= 15 is 0 Å². The first-order valence-electron chi connectivity index (χ1n) is 7.52. The highest BCUT2D eigenvalue weighted by Crippen LogP contribution is 2.33. The minimum atomic E-state index is -0.391. The summed E-state index contributed by atoms with van der Waals surface area (Å²) in [5.41, 5.74) is 0.730. The van der Waals surface area contributed by atoms with Crippen molar-refractivity contribution in [3.8, 4) is 11.5 Å². The fourth-order valence-electron chi connectivity index (χ4n) is 2.16. The first-order valence-corrected chi connectivity index (χ1v) is 8.34. The molecule has 2 aromatic rings. The van der Waals surface area contributed by atoms with E-state index in [-0.39, 0.29) is 12.5 Å². The number of benzene rings is 1. The normalized spacial score (nSPS) is 11.6. The van der Waals surface area contributed by atoms with Gasteiger partial charge in [-0.2, -0.15) is 4.99 Å². The van der Waals surface area contributed by atoms with Crippen LogP contribution in [0.1, 0.15) is 20.3 Å². The quantitative estimate of drug-likeness (QED) is 0.744. The maximum Gasteiger partial charge on any atom is 0.326 e. The minimum absolute atomic E-state index is 0.0286. The van der Waals surface area contributed by atoms with Crippen LogP contribution in [0, 0.1) is 0 Å². The predicted octanol–water partition coefficient (Wildman–Crippen LogP) is 2.12. The molecule has 24 heavy (non-hydrogen) atoms. The Morgan fingerprint density at radius 1 is 1.17 bits per heavy atom. The van der Waals surface area contributed by atoms with Crippen molar-refractivity contribution in [2.45, 2.75) is 26.8 Å². The fourth-order valence-corrected chi connectivity index (χ4v) is 3.21. The first-order chi connectivity index (χ1) is 11.5. The summed E-state index contributed by atoms with van der Waals surface area (Å²) >= 11 is 1.31. The van der Waals surface area contributed by atoms with Gasteiger partial charge in [0.2, 0.25) is 5.91 Å². The molecular formula is C16H20N2O5S. The van der Waals surface area contributed by atoms with Crippen LogP contribution < -0.4 is 14.3 Å². The van der Waals surface area contributed by atoms with Gasteiger partial charge in [-0.1, -0.05) is 18.3 Å². The third kappa shape index (κ3) is 3.76. The highest BCUT2D eigenvalue weighted by molar-refractivity contribution is 7.16. The molecule has 0 saturated heterocycles. The molecule has 0 aliphatic rings. The van der Waals surface area contributed by atoms with Crippen molar-refractivity contribution in [3.63, 3.8) is 0 Å². The number of amides is 1. The molecule has 2 rings (SSSR count). The second-order valence-corrected chi connectivity index (χ2v) is 5.82. The van der Waals surface area contributed by atoms with Crippen molar-refractivity contribution < 1.29 is 23.8 Å². The van der Waals surface area contributed by atoms with E-state index in [4.69, 9.17) is 14.2 Å². The van der Waals surface area contributed by atoms with E-state index in [1.165, 1.54) is 18.4 Å². The second kappa shape index (κ2) is 7.96. The third-order valence-corrected chi connectivity index (χ3v) is 4.34. The van der Waals surface area contributed by atoms with E-state index in [0.717, 1.165) is 10.2 Å². The molecule has 1 aromatic carbocycles. The van der Waals surface area contributed by atoms with Gasteiger partial charge in [0, 0.05) is 18.6 Å². The van der Waals surface area contributed by atoms with E-state index in [1.807, 2.05) is 0 Å². The number of methoxy groups -OCH3 is 2. The molecule has 130 valence electrons. The number of hydrogen-bond donors (Lipinski definition) is 0. The van der Waals surface area contributed by atoms with Gasteiger partial charge >= 0.3 is 5.97 Å².